The normalized spacial score (nSPS) is 23.5. The quantitative estimate of drug-likeness (QED) is 0.833. The number of ether oxygens (including phenoxy) is 1. The molecule has 0 unspecified atom stereocenters. The second kappa shape index (κ2) is 8.15. The third kappa shape index (κ3) is 4.17. The smallest absolute Gasteiger partial charge is 0.255 e. The summed E-state index contributed by atoms with van der Waals surface area (Å²) in [6.07, 6.45) is 6.38. The van der Waals surface area contributed by atoms with E-state index in [1.54, 1.807) is 12.4 Å². The summed E-state index contributed by atoms with van der Waals surface area (Å²) < 4.78 is 5.85. The Morgan fingerprint density at radius 2 is 2.19 bits per heavy atom. The largest absolute Gasteiger partial charge is 0.380 e. The zero-order chi connectivity index (χ0) is 18.6. The standard InChI is InChI=1S/C21H26N4O2/c1-16-4-5-18(12-23-16)21(26)25-8-6-19-15-27-10-9-24(20(19)14-25)13-17-3-2-7-22-11-17/h2-5,7,11-12,19-20H,6,8-10,13-15H2,1H3/t19-,20-/m1/s1. The average Bonchev–Trinajstić information content (AvgIpc) is 2.91. The van der Waals surface area contributed by atoms with Gasteiger partial charge in [0.05, 0.1) is 18.8 Å². The van der Waals surface area contributed by atoms with Crippen LogP contribution in [-0.4, -0.2) is 64.6 Å². The molecule has 142 valence electrons. The fourth-order valence-electron chi connectivity index (χ4n) is 4.05. The number of aryl methyl sites for hydroxylation is 1. The van der Waals surface area contributed by atoms with Gasteiger partial charge in [-0.25, -0.2) is 0 Å². The Kier molecular flexibility index (Phi) is 5.45. The van der Waals surface area contributed by atoms with E-state index in [1.807, 2.05) is 36.2 Å². The van der Waals surface area contributed by atoms with Gasteiger partial charge in [-0.15, -0.1) is 0 Å². The monoisotopic (exact) mass is 366 g/mol. The van der Waals surface area contributed by atoms with Crippen LogP contribution in [0.5, 0.6) is 0 Å². The van der Waals surface area contributed by atoms with Gasteiger partial charge in [0.1, 0.15) is 0 Å². The fourth-order valence-corrected chi connectivity index (χ4v) is 4.05. The molecule has 0 saturated carbocycles. The minimum atomic E-state index is 0.0763. The Bertz CT molecular complexity index is 766. The highest BCUT2D eigenvalue weighted by atomic mass is 16.5. The molecule has 2 atom stereocenters. The molecule has 27 heavy (non-hydrogen) atoms. The third-order valence-corrected chi connectivity index (χ3v) is 5.60. The summed E-state index contributed by atoms with van der Waals surface area (Å²) in [6, 6.07) is 8.16. The van der Waals surface area contributed by atoms with Gasteiger partial charge in [0.25, 0.3) is 5.91 Å². The van der Waals surface area contributed by atoms with E-state index in [0.717, 1.165) is 51.5 Å². The molecule has 2 aliphatic rings. The van der Waals surface area contributed by atoms with Crippen LogP contribution >= 0.6 is 0 Å². The van der Waals surface area contributed by atoms with Gasteiger partial charge in [0.15, 0.2) is 0 Å². The minimum absolute atomic E-state index is 0.0763. The SMILES string of the molecule is Cc1ccc(C(=O)N2CC[C@@H]3COCCN(Cc4cccnc4)[C@@H]3C2)cn1. The lowest BCUT2D eigenvalue weighted by Crippen LogP contribution is -2.54. The van der Waals surface area contributed by atoms with Gasteiger partial charge in [-0.1, -0.05) is 6.07 Å². The van der Waals surface area contributed by atoms with Crippen molar-refractivity contribution in [3.8, 4) is 0 Å². The van der Waals surface area contributed by atoms with E-state index in [-0.39, 0.29) is 5.91 Å². The van der Waals surface area contributed by atoms with E-state index in [4.69, 9.17) is 4.74 Å². The number of aromatic nitrogens is 2. The molecule has 2 aliphatic heterocycles. The van der Waals surface area contributed by atoms with Gasteiger partial charge in [-0.2, -0.15) is 0 Å². The number of likely N-dealkylation sites (tertiary alicyclic amines) is 1. The van der Waals surface area contributed by atoms with Crippen LogP contribution in [-0.2, 0) is 11.3 Å². The third-order valence-electron chi connectivity index (χ3n) is 5.60. The van der Waals surface area contributed by atoms with Crippen LogP contribution in [0.25, 0.3) is 0 Å². The second-order valence-corrected chi connectivity index (χ2v) is 7.46. The van der Waals surface area contributed by atoms with Crippen LogP contribution in [0, 0.1) is 12.8 Å². The molecule has 0 spiro atoms. The van der Waals surface area contributed by atoms with Crippen molar-refractivity contribution in [3.05, 3.63) is 59.7 Å². The van der Waals surface area contributed by atoms with Gasteiger partial charge in [0, 0.05) is 62.4 Å². The summed E-state index contributed by atoms with van der Waals surface area (Å²) in [7, 11) is 0. The lowest BCUT2D eigenvalue weighted by Gasteiger charge is -2.42. The zero-order valence-electron chi connectivity index (χ0n) is 15.8. The molecule has 0 bridgehead atoms. The highest BCUT2D eigenvalue weighted by Crippen LogP contribution is 2.27. The molecule has 6 heteroatoms. The maximum Gasteiger partial charge on any atom is 0.255 e. The van der Waals surface area contributed by atoms with Crippen LogP contribution in [0.4, 0.5) is 0 Å². The van der Waals surface area contributed by atoms with Crippen LogP contribution in [0.2, 0.25) is 0 Å². The molecule has 2 aromatic heterocycles. The highest BCUT2D eigenvalue weighted by molar-refractivity contribution is 5.94. The van der Waals surface area contributed by atoms with E-state index >= 15 is 0 Å². The van der Waals surface area contributed by atoms with Crippen LogP contribution in [0.3, 0.4) is 0 Å². The Labute approximate surface area is 160 Å². The van der Waals surface area contributed by atoms with Gasteiger partial charge in [-0.3, -0.25) is 19.7 Å². The number of carbonyl (C=O) groups excluding carboxylic acids is 1. The van der Waals surface area contributed by atoms with Crippen LogP contribution < -0.4 is 0 Å². The number of rotatable bonds is 3. The van der Waals surface area contributed by atoms with Crippen molar-refractivity contribution in [1.82, 2.24) is 19.8 Å². The highest BCUT2D eigenvalue weighted by Gasteiger charge is 2.37. The maximum atomic E-state index is 13.0. The molecule has 6 nitrogen and oxygen atoms in total. The number of piperidine rings is 1. The van der Waals surface area contributed by atoms with Gasteiger partial charge < -0.3 is 9.64 Å². The molecule has 2 aromatic rings. The minimum Gasteiger partial charge on any atom is -0.380 e. The zero-order valence-corrected chi connectivity index (χ0v) is 15.8. The lowest BCUT2D eigenvalue weighted by atomic mass is 9.90. The van der Waals surface area contributed by atoms with Gasteiger partial charge >= 0.3 is 0 Å². The van der Waals surface area contributed by atoms with E-state index in [2.05, 4.69) is 20.9 Å². The lowest BCUT2D eigenvalue weighted by molar-refractivity contribution is 0.0370. The predicted octanol–water partition coefficient (Wildman–Crippen LogP) is 2.15. The Morgan fingerprint density at radius 3 is 2.96 bits per heavy atom. The Morgan fingerprint density at radius 1 is 1.26 bits per heavy atom. The molecule has 4 rings (SSSR count). The molecule has 2 saturated heterocycles. The first kappa shape index (κ1) is 18.1. The first-order chi connectivity index (χ1) is 13.2. The van der Waals surface area contributed by atoms with Crippen molar-refractivity contribution in [2.75, 3.05) is 32.8 Å². The number of pyridine rings is 2. The molecule has 0 aromatic carbocycles. The number of hydrogen-bond acceptors (Lipinski definition) is 5. The van der Waals surface area contributed by atoms with Crippen molar-refractivity contribution in [2.24, 2.45) is 5.92 Å². The van der Waals surface area contributed by atoms with E-state index < -0.39 is 0 Å². The molecule has 0 N–H and O–H groups in total. The van der Waals surface area contributed by atoms with Crippen molar-refractivity contribution in [1.29, 1.82) is 0 Å². The van der Waals surface area contributed by atoms with Crippen molar-refractivity contribution < 1.29 is 9.53 Å². The summed E-state index contributed by atoms with van der Waals surface area (Å²) in [4.78, 5) is 25.9. The molecule has 0 aliphatic carbocycles. The molecule has 2 fully saturated rings. The van der Waals surface area contributed by atoms with Crippen LogP contribution in [0.1, 0.15) is 28.0 Å². The Balaban J connectivity index is 1.50. The molecule has 4 heterocycles. The van der Waals surface area contributed by atoms with Crippen molar-refractivity contribution >= 4 is 5.91 Å². The van der Waals surface area contributed by atoms with Crippen molar-refractivity contribution in [3.63, 3.8) is 0 Å². The molecular formula is C21H26N4O2. The molecule has 0 radical (unpaired) electrons. The van der Waals surface area contributed by atoms with Crippen LogP contribution in [0.15, 0.2) is 42.9 Å². The van der Waals surface area contributed by atoms with Gasteiger partial charge in [0.2, 0.25) is 0 Å². The van der Waals surface area contributed by atoms with Crippen molar-refractivity contribution in [2.45, 2.75) is 25.9 Å². The maximum absolute atomic E-state index is 13.0. The topological polar surface area (TPSA) is 58.6 Å². The number of carbonyl (C=O) groups is 1. The first-order valence-corrected chi connectivity index (χ1v) is 9.63. The number of hydrogen-bond donors (Lipinski definition) is 0. The summed E-state index contributed by atoms with van der Waals surface area (Å²) >= 11 is 0. The summed E-state index contributed by atoms with van der Waals surface area (Å²) in [5, 5.41) is 0. The van der Waals surface area contributed by atoms with E-state index in [9.17, 15) is 4.79 Å². The Hall–Kier alpha value is -2.31. The molecule has 1 amide bonds. The fraction of sp³-hybridized carbons (Fsp3) is 0.476. The summed E-state index contributed by atoms with van der Waals surface area (Å²) in [6.45, 7) is 6.68. The second-order valence-electron chi connectivity index (χ2n) is 7.46. The molecular weight excluding hydrogens is 340 g/mol. The first-order valence-electron chi connectivity index (χ1n) is 9.63. The van der Waals surface area contributed by atoms with E-state index in [0.29, 0.717) is 17.5 Å². The average molecular weight is 366 g/mol. The predicted molar refractivity (Wildman–Crippen MR) is 102 cm³/mol. The number of amides is 1. The number of fused-ring (bicyclic) bond motifs is 1. The van der Waals surface area contributed by atoms with E-state index in [1.165, 1.54) is 5.56 Å². The van der Waals surface area contributed by atoms with Gasteiger partial charge in [-0.05, 0) is 37.1 Å². The number of nitrogens with zero attached hydrogens (tertiary/aromatic N) is 4. The summed E-state index contributed by atoms with van der Waals surface area (Å²) in [5.41, 5.74) is 2.79. The summed E-state index contributed by atoms with van der Waals surface area (Å²) in [5.74, 6) is 0.539.